The van der Waals surface area contributed by atoms with Crippen molar-refractivity contribution in [1.29, 1.82) is 0 Å². The molecular weight excluding hydrogens is 192 g/mol. The van der Waals surface area contributed by atoms with Gasteiger partial charge in [-0.2, -0.15) is 0 Å². The maximum Gasteiger partial charge on any atom is 0.411 e. The van der Waals surface area contributed by atoms with Crippen LogP contribution in [0, 0.1) is 0 Å². The molecule has 1 amide bonds. The summed E-state index contributed by atoms with van der Waals surface area (Å²) in [7, 11) is 0. The van der Waals surface area contributed by atoms with Crippen LogP contribution < -0.4 is 11.1 Å². The molecule has 1 fully saturated rings. The minimum absolute atomic E-state index is 0.103. The van der Waals surface area contributed by atoms with Gasteiger partial charge in [0.15, 0.2) is 0 Å². The molecule has 3 N–H and O–H groups in total. The van der Waals surface area contributed by atoms with Gasteiger partial charge in [0.25, 0.3) is 0 Å². The molecule has 1 aromatic rings. The van der Waals surface area contributed by atoms with Crippen LogP contribution in [0.4, 0.5) is 16.2 Å². The molecule has 4 nitrogen and oxygen atoms in total. The van der Waals surface area contributed by atoms with Gasteiger partial charge in [-0.25, -0.2) is 4.79 Å². The molecular formula is C11H14N2O2. The van der Waals surface area contributed by atoms with Crippen LogP contribution in [0.5, 0.6) is 0 Å². The van der Waals surface area contributed by atoms with E-state index in [9.17, 15) is 4.79 Å². The van der Waals surface area contributed by atoms with Gasteiger partial charge in [-0.15, -0.1) is 0 Å². The molecule has 1 aliphatic carbocycles. The summed E-state index contributed by atoms with van der Waals surface area (Å²) in [5.74, 6) is 0. The molecule has 0 aromatic heterocycles. The topological polar surface area (TPSA) is 64.3 Å². The Hall–Kier alpha value is -1.71. The van der Waals surface area contributed by atoms with E-state index in [2.05, 4.69) is 5.32 Å². The van der Waals surface area contributed by atoms with Crippen molar-refractivity contribution < 1.29 is 9.53 Å². The van der Waals surface area contributed by atoms with E-state index >= 15 is 0 Å². The number of nitrogens with one attached hydrogen (secondary N) is 1. The fourth-order valence-corrected chi connectivity index (χ4v) is 1.40. The Balaban J connectivity index is 1.87. The van der Waals surface area contributed by atoms with Crippen LogP contribution in [-0.4, -0.2) is 12.2 Å². The van der Waals surface area contributed by atoms with E-state index in [1.165, 1.54) is 0 Å². The Morgan fingerprint density at radius 3 is 2.87 bits per heavy atom. The predicted octanol–water partition coefficient (Wildman–Crippen LogP) is 2.37. The Labute approximate surface area is 88.4 Å². The zero-order valence-corrected chi connectivity index (χ0v) is 8.40. The van der Waals surface area contributed by atoms with Crippen molar-refractivity contribution in [2.45, 2.75) is 25.4 Å². The average Bonchev–Trinajstić information content (AvgIpc) is 2.11. The second-order valence-corrected chi connectivity index (χ2v) is 3.71. The van der Waals surface area contributed by atoms with Crippen LogP contribution in [0.2, 0.25) is 0 Å². The SMILES string of the molecule is Nc1cccc(NC(=O)OC2CCC2)c1. The molecule has 4 heteroatoms. The van der Waals surface area contributed by atoms with Gasteiger partial charge in [0.2, 0.25) is 0 Å². The summed E-state index contributed by atoms with van der Waals surface area (Å²) in [5.41, 5.74) is 6.87. The van der Waals surface area contributed by atoms with Crippen LogP contribution in [0.25, 0.3) is 0 Å². The summed E-state index contributed by atoms with van der Waals surface area (Å²) >= 11 is 0. The molecule has 1 saturated carbocycles. The first-order chi connectivity index (χ1) is 7.24. The summed E-state index contributed by atoms with van der Waals surface area (Å²) in [5, 5.41) is 2.64. The third kappa shape index (κ3) is 2.62. The molecule has 2 rings (SSSR count). The van der Waals surface area contributed by atoms with Gasteiger partial charge in [-0.3, -0.25) is 5.32 Å². The minimum Gasteiger partial charge on any atom is -0.446 e. The first kappa shape index (κ1) is 9.83. The van der Waals surface area contributed by atoms with Crippen molar-refractivity contribution >= 4 is 17.5 Å². The number of ether oxygens (including phenoxy) is 1. The Kier molecular flexibility index (Phi) is 2.76. The normalized spacial score (nSPS) is 15.5. The van der Waals surface area contributed by atoms with Crippen LogP contribution in [0.1, 0.15) is 19.3 Å². The number of carbonyl (C=O) groups excluding carboxylic acids is 1. The molecule has 0 radical (unpaired) electrons. The second-order valence-electron chi connectivity index (χ2n) is 3.71. The Bertz CT molecular complexity index is 361. The van der Waals surface area contributed by atoms with Gasteiger partial charge in [-0.05, 0) is 37.5 Å². The van der Waals surface area contributed by atoms with E-state index in [1.54, 1.807) is 24.3 Å². The number of rotatable bonds is 2. The average molecular weight is 206 g/mol. The van der Waals surface area contributed by atoms with E-state index in [1.807, 2.05) is 0 Å². The second kappa shape index (κ2) is 4.21. The summed E-state index contributed by atoms with van der Waals surface area (Å²) < 4.78 is 5.14. The predicted molar refractivity (Wildman–Crippen MR) is 58.6 cm³/mol. The number of hydrogen-bond acceptors (Lipinski definition) is 3. The summed E-state index contributed by atoms with van der Waals surface area (Å²) in [4.78, 5) is 11.4. The first-order valence-electron chi connectivity index (χ1n) is 5.07. The van der Waals surface area contributed by atoms with E-state index in [-0.39, 0.29) is 6.10 Å². The molecule has 0 saturated heterocycles. The Morgan fingerprint density at radius 1 is 1.47 bits per heavy atom. The zero-order chi connectivity index (χ0) is 10.7. The molecule has 15 heavy (non-hydrogen) atoms. The molecule has 1 aliphatic rings. The van der Waals surface area contributed by atoms with Gasteiger partial charge >= 0.3 is 6.09 Å². The molecule has 0 bridgehead atoms. The molecule has 80 valence electrons. The molecule has 1 aromatic carbocycles. The number of carbonyl (C=O) groups is 1. The standard InChI is InChI=1S/C11H14N2O2/c12-8-3-1-4-9(7-8)13-11(14)15-10-5-2-6-10/h1,3-4,7,10H,2,5-6,12H2,(H,13,14). The van der Waals surface area contributed by atoms with E-state index in [0.29, 0.717) is 11.4 Å². The number of anilines is 2. The van der Waals surface area contributed by atoms with Crippen LogP contribution >= 0.6 is 0 Å². The van der Waals surface area contributed by atoms with Crippen LogP contribution in [0.3, 0.4) is 0 Å². The van der Waals surface area contributed by atoms with Gasteiger partial charge in [0.1, 0.15) is 6.10 Å². The highest BCUT2D eigenvalue weighted by Crippen LogP contribution is 2.22. The van der Waals surface area contributed by atoms with Crippen LogP contribution in [-0.2, 0) is 4.74 Å². The van der Waals surface area contributed by atoms with Crippen molar-refractivity contribution in [2.75, 3.05) is 11.1 Å². The van der Waals surface area contributed by atoms with Gasteiger partial charge in [0, 0.05) is 11.4 Å². The molecule has 0 spiro atoms. The van der Waals surface area contributed by atoms with E-state index < -0.39 is 6.09 Å². The largest absolute Gasteiger partial charge is 0.446 e. The molecule has 0 aliphatic heterocycles. The van der Waals surface area contributed by atoms with Crippen molar-refractivity contribution in [2.24, 2.45) is 0 Å². The zero-order valence-electron chi connectivity index (χ0n) is 8.40. The summed E-state index contributed by atoms with van der Waals surface area (Å²) in [6.45, 7) is 0. The number of nitrogen functional groups attached to an aromatic ring is 1. The van der Waals surface area contributed by atoms with Crippen molar-refractivity contribution in [3.63, 3.8) is 0 Å². The third-order valence-electron chi connectivity index (χ3n) is 2.46. The lowest BCUT2D eigenvalue weighted by Gasteiger charge is -2.25. The number of benzene rings is 1. The third-order valence-corrected chi connectivity index (χ3v) is 2.46. The fraction of sp³-hybridized carbons (Fsp3) is 0.364. The maximum atomic E-state index is 11.4. The number of nitrogens with two attached hydrogens (primary N) is 1. The lowest BCUT2D eigenvalue weighted by atomic mass is 9.96. The van der Waals surface area contributed by atoms with E-state index in [4.69, 9.17) is 10.5 Å². The highest BCUT2D eigenvalue weighted by Gasteiger charge is 2.21. The summed E-state index contributed by atoms with van der Waals surface area (Å²) in [6.07, 6.45) is 2.81. The Morgan fingerprint density at radius 2 is 2.27 bits per heavy atom. The fourth-order valence-electron chi connectivity index (χ4n) is 1.40. The smallest absolute Gasteiger partial charge is 0.411 e. The number of hydrogen-bond donors (Lipinski definition) is 2. The monoisotopic (exact) mass is 206 g/mol. The molecule has 0 unspecified atom stereocenters. The lowest BCUT2D eigenvalue weighted by Crippen LogP contribution is -2.27. The van der Waals surface area contributed by atoms with Crippen molar-refractivity contribution in [1.82, 2.24) is 0 Å². The van der Waals surface area contributed by atoms with Gasteiger partial charge in [0.05, 0.1) is 0 Å². The van der Waals surface area contributed by atoms with Gasteiger partial charge < -0.3 is 10.5 Å². The molecule has 0 atom stereocenters. The molecule has 0 heterocycles. The quantitative estimate of drug-likeness (QED) is 0.730. The highest BCUT2D eigenvalue weighted by molar-refractivity contribution is 5.85. The minimum atomic E-state index is -0.398. The maximum absolute atomic E-state index is 11.4. The van der Waals surface area contributed by atoms with Crippen molar-refractivity contribution in [3.8, 4) is 0 Å². The number of amides is 1. The lowest BCUT2D eigenvalue weighted by molar-refractivity contribution is 0.0624. The van der Waals surface area contributed by atoms with Gasteiger partial charge in [-0.1, -0.05) is 6.07 Å². The van der Waals surface area contributed by atoms with E-state index in [0.717, 1.165) is 19.3 Å². The van der Waals surface area contributed by atoms with Crippen LogP contribution in [0.15, 0.2) is 24.3 Å². The summed E-state index contributed by atoms with van der Waals surface area (Å²) in [6, 6.07) is 7.02. The highest BCUT2D eigenvalue weighted by atomic mass is 16.6. The van der Waals surface area contributed by atoms with Crippen molar-refractivity contribution in [3.05, 3.63) is 24.3 Å². The first-order valence-corrected chi connectivity index (χ1v) is 5.07.